The molecule has 0 bridgehead atoms. The molecule has 0 aliphatic heterocycles. The molecule has 278 valence electrons. The molecule has 0 saturated carbocycles. The third-order valence-corrected chi connectivity index (χ3v) is 13.5. The summed E-state index contributed by atoms with van der Waals surface area (Å²) in [5, 5.41) is 0. The molecule has 1 unspecified atom stereocenters. The van der Waals surface area contributed by atoms with Crippen molar-refractivity contribution in [2.24, 2.45) is 0 Å². The zero-order valence-electron chi connectivity index (χ0n) is 33.2. The van der Waals surface area contributed by atoms with E-state index in [4.69, 9.17) is 0 Å². The predicted octanol–water partition coefficient (Wildman–Crippen LogP) is 15.1. The minimum Gasteiger partial charge on any atom is -0.310 e. The van der Waals surface area contributed by atoms with E-state index in [1.165, 1.54) is 94.7 Å². The molecule has 0 aromatic heterocycles. The lowest BCUT2D eigenvalue weighted by molar-refractivity contribution is 0.660. The third kappa shape index (κ3) is 4.73. The van der Waals surface area contributed by atoms with Crippen molar-refractivity contribution in [1.82, 2.24) is 0 Å². The Bertz CT molecular complexity index is 3140. The maximum absolute atomic E-state index is 2.53. The largest absolute Gasteiger partial charge is 0.310 e. The molecule has 0 saturated heterocycles. The summed E-state index contributed by atoms with van der Waals surface area (Å²) >= 11 is 0. The first-order valence-electron chi connectivity index (χ1n) is 20.8. The highest BCUT2D eigenvalue weighted by Gasteiger charge is 2.52. The van der Waals surface area contributed by atoms with Gasteiger partial charge in [0.15, 0.2) is 0 Å². The van der Waals surface area contributed by atoms with Crippen LogP contribution < -0.4 is 4.90 Å². The summed E-state index contributed by atoms with van der Waals surface area (Å²) in [4.78, 5) is 2.53. The molecule has 9 aromatic rings. The van der Waals surface area contributed by atoms with E-state index in [-0.39, 0.29) is 5.41 Å². The van der Waals surface area contributed by atoms with Crippen LogP contribution in [-0.2, 0) is 10.8 Å². The first-order valence-corrected chi connectivity index (χ1v) is 20.8. The average Bonchev–Trinajstić information content (AvgIpc) is 3.86. The van der Waals surface area contributed by atoms with Crippen LogP contribution in [0.2, 0.25) is 0 Å². The van der Waals surface area contributed by atoms with Crippen molar-refractivity contribution in [1.29, 1.82) is 0 Å². The number of rotatable bonds is 5. The van der Waals surface area contributed by atoms with Crippen molar-refractivity contribution < 1.29 is 0 Å². The first kappa shape index (κ1) is 33.9. The van der Waals surface area contributed by atoms with E-state index in [0.717, 1.165) is 11.4 Å². The molecule has 3 aliphatic rings. The molecule has 1 nitrogen and oxygen atoms in total. The average molecular weight is 752 g/mol. The molecule has 0 radical (unpaired) electrons. The van der Waals surface area contributed by atoms with Gasteiger partial charge < -0.3 is 4.90 Å². The van der Waals surface area contributed by atoms with Crippen molar-refractivity contribution in [3.63, 3.8) is 0 Å². The van der Waals surface area contributed by atoms with Crippen molar-refractivity contribution in [3.8, 4) is 55.6 Å². The highest BCUT2D eigenvalue weighted by molar-refractivity contribution is 6.02. The van der Waals surface area contributed by atoms with E-state index >= 15 is 0 Å². The number of hydrogen-bond donors (Lipinski definition) is 0. The Labute approximate surface area is 346 Å². The predicted molar refractivity (Wildman–Crippen MR) is 246 cm³/mol. The summed E-state index contributed by atoms with van der Waals surface area (Å²) in [6, 6.07) is 79.2. The monoisotopic (exact) mass is 751 g/mol. The van der Waals surface area contributed by atoms with Gasteiger partial charge in [0.1, 0.15) is 0 Å². The normalized spacial score (nSPS) is 15.8. The Morgan fingerprint density at radius 3 is 1.54 bits per heavy atom. The van der Waals surface area contributed by atoms with Gasteiger partial charge in [-0.1, -0.05) is 190 Å². The number of benzene rings is 9. The number of hydrogen-bond acceptors (Lipinski definition) is 1. The van der Waals surface area contributed by atoms with Crippen LogP contribution in [0.1, 0.15) is 47.2 Å². The molecule has 1 spiro atoms. The standard InChI is InChI=1S/C58H41N/c1-57(2)49-26-12-9-23-44(49)46-33-32-43(37-54(46)57)59(42-22-15-21-40(35-42)38-17-5-3-6-18-38)55-30-16-29-53-56(55)47-25-11-14-28-51(47)58(53)50-27-13-10-24-45(50)48-36-41(31-34-52(48)58)39-19-7-4-8-20-39/h3-37H,1-2H3. The fraction of sp³-hybridized carbons (Fsp3) is 0.0690. The Balaban J connectivity index is 1.13. The highest BCUT2D eigenvalue weighted by Crippen LogP contribution is 2.65. The minimum absolute atomic E-state index is 0.134. The van der Waals surface area contributed by atoms with Gasteiger partial charge in [0.2, 0.25) is 0 Å². The minimum atomic E-state index is -0.470. The Morgan fingerprint density at radius 1 is 0.305 bits per heavy atom. The van der Waals surface area contributed by atoms with Gasteiger partial charge in [-0.15, -0.1) is 0 Å². The fourth-order valence-electron chi connectivity index (χ4n) is 10.9. The number of fused-ring (bicyclic) bond motifs is 13. The molecule has 9 aromatic carbocycles. The Hall–Kier alpha value is -7.22. The van der Waals surface area contributed by atoms with Crippen molar-refractivity contribution in [3.05, 3.63) is 246 Å². The van der Waals surface area contributed by atoms with Crippen LogP contribution in [0, 0.1) is 0 Å². The molecule has 0 fully saturated rings. The summed E-state index contributed by atoms with van der Waals surface area (Å²) in [5.74, 6) is 0. The smallest absolute Gasteiger partial charge is 0.0726 e. The van der Waals surface area contributed by atoms with E-state index in [9.17, 15) is 0 Å². The summed E-state index contributed by atoms with van der Waals surface area (Å²) in [6.07, 6.45) is 0. The SMILES string of the molecule is CC1(C)c2ccccc2-c2ccc(N(c3cccc(-c4ccccc4)c3)c3cccc4c3-c3ccccc3C43c4ccccc4-c4cc(-c5ccccc5)ccc43)cc21. The van der Waals surface area contributed by atoms with Crippen LogP contribution in [-0.4, -0.2) is 0 Å². The molecule has 59 heavy (non-hydrogen) atoms. The lowest BCUT2D eigenvalue weighted by atomic mass is 9.70. The van der Waals surface area contributed by atoms with Crippen molar-refractivity contribution >= 4 is 17.1 Å². The Morgan fingerprint density at radius 2 is 0.814 bits per heavy atom. The molecule has 0 amide bonds. The van der Waals surface area contributed by atoms with E-state index in [2.05, 4.69) is 231 Å². The van der Waals surface area contributed by atoms with E-state index < -0.39 is 5.41 Å². The first-order chi connectivity index (χ1) is 29.0. The van der Waals surface area contributed by atoms with Gasteiger partial charge in [0, 0.05) is 22.4 Å². The van der Waals surface area contributed by atoms with Gasteiger partial charge in [-0.3, -0.25) is 0 Å². The molecule has 1 atom stereocenters. The zero-order chi connectivity index (χ0) is 39.3. The van der Waals surface area contributed by atoms with Gasteiger partial charge in [0.05, 0.1) is 11.1 Å². The van der Waals surface area contributed by atoms with E-state index in [0.29, 0.717) is 0 Å². The molecule has 3 aliphatic carbocycles. The highest BCUT2D eigenvalue weighted by atomic mass is 15.1. The molecule has 0 N–H and O–H groups in total. The lowest BCUT2D eigenvalue weighted by Gasteiger charge is -2.32. The second kappa shape index (κ2) is 12.6. The molecular formula is C58H41N. The topological polar surface area (TPSA) is 3.24 Å². The van der Waals surface area contributed by atoms with Gasteiger partial charge in [-0.05, 0) is 120 Å². The quantitative estimate of drug-likeness (QED) is 0.169. The molecule has 12 rings (SSSR count). The third-order valence-electron chi connectivity index (χ3n) is 13.5. The van der Waals surface area contributed by atoms with Crippen molar-refractivity contribution in [2.75, 3.05) is 4.90 Å². The van der Waals surface area contributed by atoms with Crippen LogP contribution in [0.5, 0.6) is 0 Å². The Kier molecular flexibility index (Phi) is 7.26. The lowest BCUT2D eigenvalue weighted by Crippen LogP contribution is -2.26. The fourth-order valence-corrected chi connectivity index (χ4v) is 10.9. The van der Waals surface area contributed by atoms with Gasteiger partial charge in [-0.25, -0.2) is 0 Å². The number of anilines is 3. The van der Waals surface area contributed by atoms with Gasteiger partial charge in [0.25, 0.3) is 0 Å². The van der Waals surface area contributed by atoms with Crippen molar-refractivity contribution in [2.45, 2.75) is 24.7 Å². The maximum atomic E-state index is 2.53. The zero-order valence-corrected chi connectivity index (χ0v) is 33.2. The van der Waals surface area contributed by atoms with Crippen LogP contribution in [0.4, 0.5) is 17.1 Å². The molecule has 1 heteroatoms. The molecular weight excluding hydrogens is 711 g/mol. The van der Waals surface area contributed by atoms with Gasteiger partial charge in [-0.2, -0.15) is 0 Å². The van der Waals surface area contributed by atoms with Crippen LogP contribution in [0.15, 0.2) is 212 Å². The van der Waals surface area contributed by atoms with Crippen LogP contribution in [0.25, 0.3) is 55.6 Å². The second-order valence-corrected chi connectivity index (χ2v) is 16.8. The van der Waals surface area contributed by atoms with E-state index in [1.807, 2.05) is 0 Å². The van der Waals surface area contributed by atoms with Gasteiger partial charge >= 0.3 is 0 Å². The summed E-state index contributed by atoms with van der Waals surface area (Å²) < 4.78 is 0. The second-order valence-electron chi connectivity index (χ2n) is 16.8. The van der Waals surface area contributed by atoms with E-state index in [1.54, 1.807) is 0 Å². The number of nitrogens with zero attached hydrogens (tertiary/aromatic N) is 1. The maximum Gasteiger partial charge on any atom is 0.0726 e. The molecule has 0 heterocycles. The van der Waals surface area contributed by atoms with Crippen LogP contribution >= 0.6 is 0 Å². The van der Waals surface area contributed by atoms with Crippen LogP contribution in [0.3, 0.4) is 0 Å². The summed E-state index contributed by atoms with van der Waals surface area (Å²) in [5.41, 5.74) is 23.7. The summed E-state index contributed by atoms with van der Waals surface area (Å²) in [7, 11) is 0. The summed E-state index contributed by atoms with van der Waals surface area (Å²) in [6.45, 7) is 4.75.